The van der Waals surface area contributed by atoms with Gasteiger partial charge in [0.25, 0.3) is 0 Å². The summed E-state index contributed by atoms with van der Waals surface area (Å²) in [4.78, 5) is 45.4. The Morgan fingerprint density at radius 1 is 1.15 bits per heavy atom. The molecule has 0 aliphatic carbocycles. The summed E-state index contributed by atoms with van der Waals surface area (Å²) in [7, 11) is 3.55. The van der Waals surface area contributed by atoms with E-state index in [1.165, 1.54) is 0 Å². The summed E-state index contributed by atoms with van der Waals surface area (Å²) in [6.07, 6.45) is 10.6. The molecule has 0 fully saturated rings. The van der Waals surface area contributed by atoms with E-state index < -0.39 is 24.0 Å². The third kappa shape index (κ3) is 11.5. The van der Waals surface area contributed by atoms with Gasteiger partial charge in [-0.3, -0.25) is 19.5 Å². The second kappa shape index (κ2) is 18.6. The topological polar surface area (TPSA) is 214 Å². The number of benzene rings is 1. The van der Waals surface area contributed by atoms with Crippen molar-refractivity contribution in [3.05, 3.63) is 71.4 Å². The number of amides is 2. The van der Waals surface area contributed by atoms with Crippen molar-refractivity contribution in [3.8, 4) is 5.75 Å². The number of carbonyl (C=O) groups excluding carboxylic acids is 2. The lowest BCUT2D eigenvalue weighted by atomic mass is 9.95. The zero-order valence-corrected chi connectivity index (χ0v) is 28.8. The number of nitrogens with one attached hydrogen (secondary N) is 3. The Labute approximate surface area is 282 Å². The third-order valence-corrected chi connectivity index (χ3v) is 8.51. The molecule has 0 bridgehead atoms. The minimum atomic E-state index is -0.979. The maximum absolute atomic E-state index is 14.2. The van der Waals surface area contributed by atoms with E-state index in [0.717, 1.165) is 48.1 Å². The summed E-state index contributed by atoms with van der Waals surface area (Å²) >= 11 is 0. The second-order valence-corrected chi connectivity index (χ2v) is 12.5. The van der Waals surface area contributed by atoms with Crippen LogP contribution in [-0.4, -0.2) is 80.6 Å². The number of nitrogens with zero attached hydrogens (tertiary/aromatic N) is 5. The number of aromatic nitrogens is 4. The molecule has 48 heavy (non-hydrogen) atoms. The average Bonchev–Trinajstić information content (AvgIpc) is 3.71. The summed E-state index contributed by atoms with van der Waals surface area (Å²) < 4.78 is 5.69. The van der Waals surface area contributed by atoms with E-state index in [9.17, 15) is 14.7 Å². The number of guanidine groups is 1. The molecular weight excluding hydrogens is 612 g/mol. The molecule has 14 nitrogen and oxygen atoms in total. The standard InChI is InChI=1S/C34H52N10O4/c1-7-10-23(8-2)11-9-12-30-42-33(48-43-30)28(17-24-19-37-20-39-24)41-31(46)27(18-26-21(3)15-25(45)16-22(26)4)40-32(47)29(44(5)6)13-14-38-34(35)36/h7,15-16,19-20,23,27-29,45H,1,8-14,17-18H2,2-6H3,(H,37,39)(H,40,47)(H,41,46)(H4,35,36,38)/t23?,27-,28-,29+/m0/s1. The van der Waals surface area contributed by atoms with Gasteiger partial charge in [0.2, 0.25) is 17.7 Å². The normalized spacial score (nSPS) is 13.8. The predicted octanol–water partition coefficient (Wildman–Crippen LogP) is 2.76. The predicted molar refractivity (Wildman–Crippen MR) is 185 cm³/mol. The largest absolute Gasteiger partial charge is 0.508 e. The number of rotatable bonds is 20. The Morgan fingerprint density at radius 3 is 2.48 bits per heavy atom. The molecular formula is C34H52N10O4. The molecule has 8 N–H and O–H groups in total. The number of nitrogens with two attached hydrogens (primary N) is 2. The summed E-state index contributed by atoms with van der Waals surface area (Å²) in [5.41, 5.74) is 14.2. The highest BCUT2D eigenvalue weighted by Crippen LogP contribution is 2.24. The zero-order chi connectivity index (χ0) is 35.2. The van der Waals surface area contributed by atoms with Gasteiger partial charge in [0, 0.05) is 37.7 Å². The zero-order valence-electron chi connectivity index (χ0n) is 28.8. The van der Waals surface area contributed by atoms with E-state index in [1.807, 2.05) is 19.9 Å². The summed E-state index contributed by atoms with van der Waals surface area (Å²) in [5.74, 6) is 0.669. The Bertz CT molecular complexity index is 1470. The van der Waals surface area contributed by atoms with E-state index in [0.29, 0.717) is 31.0 Å². The van der Waals surface area contributed by atoms with Gasteiger partial charge in [-0.05, 0) is 88.4 Å². The van der Waals surface area contributed by atoms with Gasteiger partial charge in [-0.25, -0.2) is 4.98 Å². The summed E-state index contributed by atoms with van der Waals surface area (Å²) in [6.45, 7) is 9.99. The second-order valence-electron chi connectivity index (χ2n) is 12.5. The Kier molecular flexibility index (Phi) is 14.6. The van der Waals surface area contributed by atoms with Gasteiger partial charge in [0.1, 0.15) is 17.8 Å². The van der Waals surface area contributed by atoms with Crippen molar-refractivity contribution in [2.24, 2.45) is 22.4 Å². The molecule has 14 heteroatoms. The number of phenolic OH excluding ortho intramolecular Hbond substituents is 1. The maximum atomic E-state index is 14.2. The molecule has 2 amide bonds. The number of imidazole rings is 1. The molecule has 262 valence electrons. The smallest absolute Gasteiger partial charge is 0.249 e. The van der Waals surface area contributed by atoms with E-state index in [4.69, 9.17) is 16.0 Å². The number of allylic oxidation sites excluding steroid dienone is 1. The number of carbonyl (C=O) groups is 2. The van der Waals surface area contributed by atoms with Crippen LogP contribution in [-0.2, 0) is 28.9 Å². The van der Waals surface area contributed by atoms with Crippen LogP contribution < -0.4 is 22.1 Å². The first-order chi connectivity index (χ1) is 22.9. The van der Waals surface area contributed by atoms with Crippen molar-refractivity contribution in [2.45, 2.75) is 90.3 Å². The molecule has 2 heterocycles. The lowest BCUT2D eigenvalue weighted by molar-refractivity contribution is -0.132. The molecule has 2 aromatic heterocycles. The first-order valence-electron chi connectivity index (χ1n) is 16.4. The van der Waals surface area contributed by atoms with Crippen LogP contribution in [0.1, 0.15) is 79.2 Å². The molecule has 0 aliphatic heterocycles. The highest BCUT2D eigenvalue weighted by Gasteiger charge is 2.31. The summed E-state index contributed by atoms with van der Waals surface area (Å²) in [5, 5.41) is 20.4. The summed E-state index contributed by atoms with van der Waals surface area (Å²) in [6, 6.07) is 0.989. The van der Waals surface area contributed by atoms with Gasteiger partial charge in [0.15, 0.2) is 11.8 Å². The first kappa shape index (κ1) is 37.7. The Balaban J connectivity index is 1.88. The lowest BCUT2D eigenvalue weighted by Crippen LogP contribution is -2.54. The quantitative estimate of drug-likeness (QED) is 0.0590. The molecule has 0 aliphatic rings. The fraction of sp³-hybridized carbons (Fsp3) is 0.529. The SMILES string of the molecule is C=CCC(CC)CCCc1noc([C@H](Cc2cnc[nH]2)NC(=O)[C@H](Cc2c(C)cc(O)cc2C)NC(=O)[C@@H](CCN=C(N)N)N(C)C)n1. The average molecular weight is 665 g/mol. The highest BCUT2D eigenvalue weighted by atomic mass is 16.5. The molecule has 4 atom stereocenters. The maximum Gasteiger partial charge on any atom is 0.249 e. The number of likely N-dealkylation sites (N-methyl/N-ethyl adjacent to an activating group) is 1. The van der Waals surface area contributed by atoms with Crippen molar-refractivity contribution in [1.29, 1.82) is 0 Å². The number of aryl methyl sites for hydroxylation is 3. The van der Waals surface area contributed by atoms with Crippen LogP contribution in [0, 0.1) is 19.8 Å². The van der Waals surface area contributed by atoms with Crippen LogP contribution in [0.2, 0.25) is 0 Å². The Morgan fingerprint density at radius 2 is 1.88 bits per heavy atom. The molecule has 1 unspecified atom stereocenters. The van der Waals surface area contributed by atoms with Crippen LogP contribution in [0.4, 0.5) is 0 Å². The molecule has 0 saturated heterocycles. The van der Waals surface area contributed by atoms with Crippen molar-refractivity contribution in [2.75, 3.05) is 20.6 Å². The molecule has 0 saturated carbocycles. The molecule has 0 radical (unpaired) electrons. The Hall–Kier alpha value is -4.72. The molecule has 1 aromatic carbocycles. The van der Waals surface area contributed by atoms with E-state index in [1.54, 1.807) is 43.7 Å². The number of phenols is 1. The lowest BCUT2D eigenvalue weighted by Gasteiger charge is -2.27. The number of aromatic hydroxyl groups is 1. The fourth-order valence-electron chi connectivity index (χ4n) is 5.79. The monoisotopic (exact) mass is 664 g/mol. The van der Waals surface area contributed by atoms with Gasteiger partial charge in [-0.1, -0.05) is 24.6 Å². The number of hydrogen-bond donors (Lipinski definition) is 6. The molecule has 3 aromatic rings. The van der Waals surface area contributed by atoms with Crippen LogP contribution >= 0.6 is 0 Å². The van der Waals surface area contributed by atoms with Crippen molar-refractivity contribution in [1.82, 2.24) is 35.6 Å². The number of aliphatic imine (C=N–C) groups is 1. The van der Waals surface area contributed by atoms with Crippen molar-refractivity contribution < 1.29 is 19.2 Å². The van der Waals surface area contributed by atoms with Gasteiger partial charge in [-0.2, -0.15) is 4.98 Å². The fourth-order valence-corrected chi connectivity index (χ4v) is 5.79. The van der Waals surface area contributed by atoms with E-state index in [-0.39, 0.29) is 36.5 Å². The number of hydrogen-bond acceptors (Lipinski definition) is 9. The van der Waals surface area contributed by atoms with Crippen LogP contribution in [0.3, 0.4) is 0 Å². The number of aromatic amines is 1. The first-order valence-corrected chi connectivity index (χ1v) is 16.4. The van der Waals surface area contributed by atoms with E-state index >= 15 is 0 Å². The van der Waals surface area contributed by atoms with E-state index in [2.05, 4.69) is 49.2 Å². The highest BCUT2D eigenvalue weighted by molar-refractivity contribution is 5.90. The van der Waals surface area contributed by atoms with Gasteiger partial charge in [-0.15, -0.1) is 6.58 Å². The minimum Gasteiger partial charge on any atom is -0.508 e. The molecule has 0 spiro atoms. The van der Waals surface area contributed by atoms with Gasteiger partial charge < -0.3 is 36.7 Å². The number of H-pyrrole nitrogens is 1. The van der Waals surface area contributed by atoms with Gasteiger partial charge >= 0.3 is 0 Å². The van der Waals surface area contributed by atoms with Crippen molar-refractivity contribution in [3.63, 3.8) is 0 Å². The van der Waals surface area contributed by atoms with Crippen LogP contribution in [0.15, 0.2) is 46.8 Å². The van der Waals surface area contributed by atoms with Gasteiger partial charge in [0.05, 0.1) is 12.4 Å². The third-order valence-electron chi connectivity index (χ3n) is 8.51. The van der Waals surface area contributed by atoms with Crippen LogP contribution in [0.25, 0.3) is 0 Å². The van der Waals surface area contributed by atoms with Crippen molar-refractivity contribution >= 4 is 17.8 Å². The van der Waals surface area contributed by atoms with Crippen LogP contribution in [0.5, 0.6) is 5.75 Å². The molecule has 3 rings (SSSR count). The minimum absolute atomic E-state index is 0.0613.